The number of nitrogens with zero attached hydrogens (tertiary/aromatic N) is 1. The Morgan fingerprint density at radius 2 is 1.75 bits per heavy atom. The van der Waals surface area contributed by atoms with Gasteiger partial charge in [-0.2, -0.15) is 0 Å². The summed E-state index contributed by atoms with van der Waals surface area (Å²) in [5, 5.41) is 0. The maximum absolute atomic E-state index is 12.9. The topological polar surface area (TPSA) is 54.5 Å². The Morgan fingerprint density at radius 3 is 2.33 bits per heavy atom. The lowest BCUT2D eigenvalue weighted by Gasteiger charge is -2.28. The summed E-state index contributed by atoms with van der Waals surface area (Å²) in [6, 6.07) is 16.8. The van der Waals surface area contributed by atoms with Crippen molar-refractivity contribution in [2.75, 3.05) is 11.5 Å². The van der Waals surface area contributed by atoms with Gasteiger partial charge in [-0.15, -0.1) is 0 Å². The Bertz CT molecular complexity index is 813. The molecule has 5 heteroatoms. The van der Waals surface area contributed by atoms with Crippen LogP contribution in [0.5, 0.6) is 0 Å². The fourth-order valence-corrected chi connectivity index (χ4v) is 4.76. The van der Waals surface area contributed by atoms with E-state index in [1.807, 2.05) is 49.4 Å². The smallest absolute Gasteiger partial charge is 0.254 e. The zero-order valence-electron chi connectivity index (χ0n) is 13.7. The molecule has 0 spiro atoms. The van der Waals surface area contributed by atoms with E-state index in [-0.39, 0.29) is 23.5 Å². The number of benzene rings is 2. The van der Waals surface area contributed by atoms with Crippen LogP contribution in [-0.2, 0) is 16.4 Å². The van der Waals surface area contributed by atoms with Crippen molar-refractivity contribution in [1.29, 1.82) is 0 Å². The van der Waals surface area contributed by atoms with Gasteiger partial charge in [0.25, 0.3) is 5.91 Å². The molecule has 1 atom stereocenters. The van der Waals surface area contributed by atoms with Crippen LogP contribution in [0, 0.1) is 6.92 Å². The Morgan fingerprint density at radius 1 is 1.08 bits per heavy atom. The molecule has 24 heavy (non-hydrogen) atoms. The predicted octanol–water partition coefficient (Wildman–Crippen LogP) is 2.82. The number of aryl methyl sites for hydroxylation is 1. The Balaban J connectivity index is 1.88. The van der Waals surface area contributed by atoms with Crippen molar-refractivity contribution in [3.63, 3.8) is 0 Å². The van der Waals surface area contributed by atoms with E-state index in [0.717, 1.165) is 11.1 Å². The van der Waals surface area contributed by atoms with Crippen LogP contribution in [-0.4, -0.2) is 36.8 Å². The Kier molecular flexibility index (Phi) is 4.71. The van der Waals surface area contributed by atoms with Crippen molar-refractivity contribution in [2.24, 2.45) is 0 Å². The molecule has 2 aromatic carbocycles. The quantitative estimate of drug-likeness (QED) is 0.858. The van der Waals surface area contributed by atoms with E-state index in [1.165, 1.54) is 0 Å². The minimum Gasteiger partial charge on any atom is -0.330 e. The van der Waals surface area contributed by atoms with Crippen LogP contribution < -0.4 is 0 Å². The first-order valence-corrected chi connectivity index (χ1v) is 9.89. The molecule has 1 fully saturated rings. The van der Waals surface area contributed by atoms with E-state index in [1.54, 1.807) is 17.0 Å². The van der Waals surface area contributed by atoms with Crippen LogP contribution in [0.3, 0.4) is 0 Å². The number of sulfone groups is 1. The molecule has 3 rings (SSSR count). The van der Waals surface area contributed by atoms with E-state index >= 15 is 0 Å². The van der Waals surface area contributed by atoms with Crippen LogP contribution in [0.2, 0.25) is 0 Å². The first-order valence-electron chi connectivity index (χ1n) is 8.06. The molecule has 0 aromatic heterocycles. The number of hydrogen-bond acceptors (Lipinski definition) is 3. The number of carbonyl (C=O) groups is 1. The zero-order valence-corrected chi connectivity index (χ0v) is 14.5. The monoisotopic (exact) mass is 343 g/mol. The lowest BCUT2D eigenvalue weighted by atomic mass is 10.1. The first-order chi connectivity index (χ1) is 11.4. The number of hydrogen-bond donors (Lipinski definition) is 0. The maximum Gasteiger partial charge on any atom is 0.254 e. The third-order valence-electron chi connectivity index (χ3n) is 4.40. The summed E-state index contributed by atoms with van der Waals surface area (Å²) < 4.78 is 23.7. The maximum atomic E-state index is 12.9. The SMILES string of the molecule is Cc1ccc(CN(C(=O)c2ccccc2)[C@H]2CCS(=O)(=O)C2)cc1. The van der Waals surface area contributed by atoms with Gasteiger partial charge in [0.05, 0.1) is 11.5 Å². The molecule has 1 aliphatic heterocycles. The molecule has 0 N–H and O–H groups in total. The molecule has 1 aliphatic rings. The molecule has 0 saturated carbocycles. The van der Waals surface area contributed by atoms with Gasteiger partial charge in [-0.25, -0.2) is 8.42 Å². The van der Waals surface area contributed by atoms with Gasteiger partial charge in [0.1, 0.15) is 0 Å². The summed E-state index contributed by atoms with van der Waals surface area (Å²) in [7, 11) is -3.05. The third-order valence-corrected chi connectivity index (χ3v) is 6.15. The Hall–Kier alpha value is -2.14. The summed E-state index contributed by atoms with van der Waals surface area (Å²) >= 11 is 0. The molecule has 0 radical (unpaired) electrons. The largest absolute Gasteiger partial charge is 0.330 e. The Labute approximate surface area is 143 Å². The molecular weight excluding hydrogens is 322 g/mol. The first kappa shape index (κ1) is 16.7. The highest BCUT2D eigenvalue weighted by molar-refractivity contribution is 7.91. The fraction of sp³-hybridized carbons (Fsp3) is 0.316. The van der Waals surface area contributed by atoms with Crippen molar-refractivity contribution in [2.45, 2.75) is 25.9 Å². The second-order valence-corrected chi connectivity index (χ2v) is 8.57. The molecule has 0 bridgehead atoms. The minimum absolute atomic E-state index is 0.0530. The highest BCUT2D eigenvalue weighted by Crippen LogP contribution is 2.22. The molecule has 2 aromatic rings. The van der Waals surface area contributed by atoms with Crippen LogP contribution in [0.4, 0.5) is 0 Å². The fourth-order valence-electron chi connectivity index (χ4n) is 3.02. The summed E-state index contributed by atoms with van der Waals surface area (Å²) in [5.74, 6) is 0.0972. The van der Waals surface area contributed by atoms with Crippen LogP contribution in [0.15, 0.2) is 54.6 Å². The van der Waals surface area contributed by atoms with E-state index in [2.05, 4.69) is 0 Å². The molecule has 1 saturated heterocycles. The summed E-state index contributed by atoms with van der Waals surface area (Å²) in [6.07, 6.45) is 0.507. The van der Waals surface area contributed by atoms with Gasteiger partial charge in [-0.1, -0.05) is 48.0 Å². The lowest BCUT2D eigenvalue weighted by Crippen LogP contribution is -2.40. The summed E-state index contributed by atoms with van der Waals surface area (Å²) in [6.45, 7) is 2.44. The normalized spacial score (nSPS) is 19.1. The highest BCUT2D eigenvalue weighted by Gasteiger charge is 2.35. The molecule has 0 unspecified atom stereocenters. The number of rotatable bonds is 4. The standard InChI is InChI=1S/C19H21NO3S/c1-15-7-9-16(10-8-15)13-20(18-11-12-24(22,23)14-18)19(21)17-5-3-2-4-6-17/h2-10,18H,11-14H2,1H3/t18-/m0/s1. The van der Waals surface area contributed by atoms with E-state index in [0.29, 0.717) is 18.5 Å². The average molecular weight is 343 g/mol. The van der Waals surface area contributed by atoms with E-state index in [9.17, 15) is 13.2 Å². The molecule has 0 aliphatic carbocycles. The average Bonchev–Trinajstić information content (AvgIpc) is 2.94. The second kappa shape index (κ2) is 6.77. The van der Waals surface area contributed by atoms with Crippen molar-refractivity contribution < 1.29 is 13.2 Å². The zero-order chi connectivity index (χ0) is 17.2. The molecular formula is C19H21NO3S. The van der Waals surface area contributed by atoms with Crippen molar-refractivity contribution >= 4 is 15.7 Å². The molecule has 1 heterocycles. The lowest BCUT2D eigenvalue weighted by molar-refractivity contribution is 0.0681. The van der Waals surface area contributed by atoms with Crippen LogP contribution in [0.1, 0.15) is 27.9 Å². The predicted molar refractivity (Wildman–Crippen MR) is 94.6 cm³/mol. The van der Waals surface area contributed by atoms with Gasteiger partial charge >= 0.3 is 0 Å². The summed E-state index contributed by atoms with van der Waals surface area (Å²) in [4.78, 5) is 14.7. The van der Waals surface area contributed by atoms with Gasteiger partial charge in [0, 0.05) is 18.2 Å². The second-order valence-electron chi connectivity index (χ2n) is 6.34. The third kappa shape index (κ3) is 3.85. The van der Waals surface area contributed by atoms with Crippen LogP contribution >= 0.6 is 0 Å². The molecule has 1 amide bonds. The van der Waals surface area contributed by atoms with E-state index in [4.69, 9.17) is 0 Å². The van der Waals surface area contributed by atoms with Gasteiger partial charge in [0.2, 0.25) is 0 Å². The van der Waals surface area contributed by atoms with Gasteiger partial charge in [-0.05, 0) is 31.0 Å². The number of amides is 1. The minimum atomic E-state index is -3.05. The number of carbonyl (C=O) groups excluding carboxylic acids is 1. The van der Waals surface area contributed by atoms with Gasteiger partial charge in [0.15, 0.2) is 9.84 Å². The van der Waals surface area contributed by atoms with Gasteiger partial charge in [-0.3, -0.25) is 4.79 Å². The van der Waals surface area contributed by atoms with Crippen LogP contribution in [0.25, 0.3) is 0 Å². The molecule has 126 valence electrons. The van der Waals surface area contributed by atoms with Crippen molar-refractivity contribution in [3.8, 4) is 0 Å². The van der Waals surface area contributed by atoms with Crippen molar-refractivity contribution in [1.82, 2.24) is 4.90 Å². The van der Waals surface area contributed by atoms with E-state index < -0.39 is 9.84 Å². The highest BCUT2D eigenvalue weighted by atomic mass is 32.2. The van der Waals surface area contributed by atoms with Gasteiger partial charge < -0.3 is 4.90 Å². The molecule has 4 nitrogen and oxygen atoms in total. The summed E-state index contributed by atoms with van der Waals surface area (Å²) in [5.41, 5.74) is 2.76. The van der Waals surface area contributed by atoms with Crippen molar-refractivity contribution in [3.05, 3.63) is 71.3 Å².